The zero-order valence-corrected chi connectivity index (χ0v) is 10.6. The van der Waals surface area contributed by atoms with E-state index in [4.69, 9.17) is 4.74 Å². The van der Waals surface area contributed by atoms with Crippen molar-refractivity contribution in [1.82, 2.24) is 20.3 Å². The summed E-state index contributed by atoms with van der Waals surface area (Å²) >= 11 is 0. The standard InChI is InChI=1S/C11H20N4O2/c1-9(2)11-8-15(14-13-11)5-7-17-6-4-12-10(3)16/h8-9H,4-7H2,1-3H3,(H,12,16). The van der Waals surface area contributed by atoms with Crippen LogP contribution in [-0.2, 0) is 16.1 Å². The van der Waals surface area contributed by atoms with Gasteiger partial charge in [0.2, 0.25) is 5.91 Å². The molecule has 1 amide bonds. The van der Waals surface area contributed by atoms with Gasteiger partial charge in [0.1, 0.15) is 0 Å². The molecule has 0 aliphatic heterocycles. The van der Waals surface area contributed by atoms with Crippen molar-refractivity contribution < 1.29 is 9.53 Å². The lowest BCUT2D eigenvalue weighted by Crippen LogP contribution is -2.24. The number of nitrogens with zero attached hydrogens (tertiary/aromatic N) is 3. The molecule has 0 saturated heterocycles. The summed E-state index contributed by atoms with van der Waals surface area (Å²) < 4.78 is 7.13. The third-order valence-corrected chi connectivity index (χ3v) is 2.23. The van der Waals surface area contributed by atoms with Gasteiger partial charge >= 0.3 is 0 Å². The highest BCUT2D eigenvalue weighted by Crippen LogP contribution is 2.08. The molecule has 0 atom stereocenters. The average molecular weight is 240 g/mol. The lowest BCUT2D eigenvalue weighted by Gasteiger charge is -2.04. The summed E-state index contributed by atoms with van der Waals surface area (Å²) in [7, 11) is 0. The molecule has 0 unspecified atom stereocenters. The second-order valence-corrected chi connectivity index (χ2v) is 4.16. The Bertz CT molecular complexity index is 349. The average Bonchev–Trinajstić information content (AvgIpc) is 2.71. The van der Waals surface area contributed by atoms with Crippen molar-refractivity contribution in [3.63, 3.8) is 0 Å². The smallest absolute Gasteiger partial charge is 0.216 e. The summed E-state index contributed by atoms with van der Waals surface area (Å²) in [6.45, 7) is 7.97. The summed E-state index contributed by atoms with van der Waals surface area (Å²) in [6.07, 6.45) is 1.93. The minimum Gasteiger partial charge on any atom is -0.378 e. The van der Waals surface area contributed by atoms with Gasteiger partial charge in [-0.2, -0.15) is 0 Å². The molecule has 1 aromatic rings. The van der Waals surface area contributed by atoms with Crippen molar-refractivity contribution in [1.29, 1.82) is 0 Å². The van der Waals surface area contributed by atoms with E-state index in [-0.39, 0.29) is 5.91 Å². The third-order valence-electron chi connectivity index (χ3n) is 2.23. The topological polar surface area (TPSA) is 69.0 Å². The quantitative estimate of drug-likeness (QED) is 0.707. The van der Waals surface area contributed by atoms with Gasteiger partial charge in [-0.05, 0) is 5.92 Å². The molecular weight excluding hydrogens is 220 g/mol. The number of ether oxygens (including phenoxy) is 1. The van der Waals surface area contributed by atoms with Gasteiger partial charge in [-0.3, -0.25) is 4.79 Å². The van der Waals surface area contributed by atoms with Crippen LogP contribution in [0.25, 0.3) is 0 Å². The number of amides is 1. The van der Waals surface area contributed by atoms with Crippen LogP contribution in [-0.4, -0.2) is 40.7 Å². The molecule has 1 rings (SSSR count). The Hall–Kier alpha value is -1.43. The SMILES string of the molecule is CC(=O)NCCOCCn1cc(C(C)C)nn1. The second-order valence-electron chi connectivity index (χ2n) is 4.16. The predicted octanol–water partition coefficient (Wildman–Crippen LogP) is 0.554. The number of hydrogen-bond donors (Lipinski definition) is 1. The van der Waals surface area contributed by atoms with Crippen LogP contribution in [0.2, 0.25) is 0 Å². The maximum absolute atomic E-state index is 10.6. The zero-order valence-electron chi connectivity index (χ0n) is 10.6. The van der Waals surface area contributed by atoms with Gasteiger partial charge in [0, 0.05) is 19.7 Å². The Morgan fingerprint density at radius 2 is 2.29 bits per heavy atom. The van der Waals surface area contributed by atoms with Crippen LogP contribution in [0, 0.1) is 0 Å². The Balaban J connectivity index is 2.11. The molecule has 0 fully saturated rings. The third kappa shape index (κ3) is 5.44. The lowest BCUT2D eigenvalue weighted by molar-refractivity contribution is -0.119. The fraction of sp³-hybridized carbons (Fsp3) is 0.727. The number of aromatic nitrogens is 3. The molecule has 1 N–H and O–H groups in total. The van der Waals surface area contributed by atoms with Gasteiger partial charge < -0.3 is 10.1 Å². The summed E-state index contributed by atoms with van der Waals surface area (Å²) in [4.78, 5) is 10.6. The van der Waals surface area contributed by atoms with Gasteiger partial charge in [0.15, 0.2) is 0 Å². The maximum atomic E-state index is 10.6. The van der Waals surface area contributed by atoms with Gasteiger partial charge in [0.25, 0.3) is 0 Å². The largest absolute Gasteiger partial charge is 0.378 e. The van der Waals surface area contributed by atoms with Crippen LogP contribution in [0.1, 0.15) is 32.4 Å². The van der Waals surface area contributed by atoms with Crippen LogP contribution >= 0.6 is 0 Å². The molecule has 1 aromatic heterocycles. The van der Waals surface area contributed by atoms with Gasteiger partial charge in [-0.1, -0.05) is 19.1 Å². The van der Waals surface area contributed by atoms with Gasteiger partial charge in [-0.15, -0.1) is 5.10 Å². The van der Waals surface area contributed by atoms with Crippen molar-refractivity contribution in [3.8, 4) is 0 Å². The summed E-state index contributed by atoms with van der Waals surface area (Å²) in [5.74, 6) is 0.357. The van der Waals surface area contributed by atoms with Crippen molar-refractivity contribution in [2.45, 2.75) is 33.2 Å². The lowest BCUT2D eigenvalue weighted by atomic mass is 10.2. The molecule has 0 aliphatic rings. The van der Waals surface area contributed by atoms with E-state index in [0.717, 1.165) is 5.69 Å². The Labute approximate surface area is 101 Å². The van der Waals surface area contributed by atoms with Crippen LogP contribution in [0.15, 0.2) is 6.20 Å². The monoisotopic (exact) mass is 240 g/mol. The highest BCUT2D eigenvalue weighted by molar-refractivity contribution is 5.72. The maximum Gasteiger partial charge on any atom is 0.216 e. The molecular formula is C11H20N4O2. The minimum absolute atomic E-state index is 0.0357. The van der Waals surface area contributed by atoms with Crippen LogP contribution < -0.4 is 5.32 Å². The van der Waals surface area contributed by atoms with E-state index in [2.05, 4.69) is 29.5 Å². The number of carbonyl (C=O) groups excluding carboxylic acids is 1. The molecule has 6 nitrogen and oxygen atoms in total. The predicted molar refractivity (Wildman–Crippen MR) is 63.6 cm³/mol. The molecule has 0 spiro atoms. The number of carbonyl (C=O) groups is 1. The fourth-order valence-corrected chi connectivity index (χ4v) is 1.25. The first-order valence-electron chi connectivity index (χ1n) is 5.82. The normalized spacial score (nSPS) is 10.8. The highest BCUT2D eigenvalue weighted by atomic mass is 16.5. The Kier molecular flexibility index (Phi) is 5.62. The van der Waals surface area contributed by atoms with E-state index in [0.29, 0.717) is 32.2 Å². The summed E-state index contributed by atoms with van der Waals surface area (Å²) in [5, 5.41) is 10.7. The molecule has 1 heterocycles. The van der Waals surface area contributed by atoms with E-state index in [1.165, 1.54) is 6.92 Å². The molecule has 0 aliphatic carbocycles. The molecule has 0 saturated carbocycles. The molecule has 0 radical (unpaired) electrons. The summed E-state index contributed by atoms with van der Waals surface area (Å²) in [6, 6.07) is 0. The van der Waals surface area contributed by atoms with E-state index < -0.39 is 0 Å². The van der Waals surface area contributed by atoms with E-state index >= 15 is 0 Å². The van der Waals surface area contributed by atoms with Crippen molar-refractivity contribution >= 4 is 5.91 Å². The van der Waals surface area contributed by atoms with E-state index in [1.807, 2.05) is 6.20 Å². The van der Waals surface area contributed by atoms with Crippen molar-refractivity contribution in [3.05, 3.63) is 11.9 Å². The molecule has 96 valence electrons. The number of nitrogens with one attached hydrogen (secondary N) is 1. The first-order chi connectivity index (χ1) is 8.09. The van der Waals surface area contributed by atoms with Gasteiger partial charge in [-0.25, -0.2) is 4.68 Å². The van der Waals surface area contributed by atoms with Crippen molar-refractivity contribution in [2.75, 3.05) is 19.8 Å². The van der Waals surface area contributed by atoms with Crippen LogP contribution in [0.5, 0.6) is 0 Å². The number of rotatable bonds is 7. The molecule has 0 aromatic carbocycles. The first-order valence-corrected chi connectivity index (χ1v) is 5.82. The van der Waals surface area contributed by atoms with E-state index in [1.54, 1.807) is 4.68 Å². The molecule has 6 heteroatoms. The Morgan fingerprint density at radius 3 is 2.88 bits per heavy atom. The second kappa shape index (κ2) is 7.01. The molecule has 0 bridgehead atoms. The number of hydrogen-bond acceptors (Lipinski definition) is 4. The zero-order chi connectivity index (χ0) is 12.7. The highest BCUT2D eigenvalue weighted by Gasteiger charge is 2.04. The molecule has 17 heavy (non-hydrogen) atoms. The van der Waals surface area contributed by atoms with Gasteiger partial charge in [0.05, 0.1) is 25.5 Å². The van der Waals surface area contributed by atoms with Crippen LogP contribution in [0.4, 0.5) is 0 Å². The van der Waals surface area contributed by atoms with Crippen molar-refractivity contribution in [2.24, 2.45) is 0 Å². The summed E-state index contributed by atoms with van der Waals surface area (Å²) in [5.41, 5.74) is 0.989. The fourth-order valence-electron chi connectivity index (χ4n) is 1.25. The van der Waals surface area contributed by atoms with E-state index in [9.17, 15) is 4.79 Å². The minimum atomic E-state index is -0.0357. The Morgan fingerprint density at radius 1 is 1.53 bits per heavy atom. The van der Waals surface area contributed by atoms with Crippen LogP contribution in [0.3, 0.4) is 0 Å². The first kappa shape index (κ1) is 13.6.